The molecule has 0 unspecified atom stereocenters. The van der Waals surface area contributed by atoms with Gasteiger partial charge in [-0.15, -0.1) is 0 Å². The predicted molar refractivity (Wildman–Crippen MR) is 73.5 cm³/mol. The Morgan fingerprint density at radius 3 is 2.88 bits per heavy atom. The Hall–Kier alpha value is -1.23. The molecule has 1 aromatic carbocycles. The third-order valence-corrected chi connectivity index (χ3v) is 3.51. The topological polar surface area (TPSA) is 16.8 Å². The summed E-state index contributed by atoms with van der Waals surface area (Å²) >= 11 is 2.35. The van der Waals surface area contributed by atoms with Crippen LogP contribution < -0.4 is 4.57 Å². The standard InChI is InChI=1S/C13H10IN2/c14-9-16-7-5-10-3-4-11-2-1-6-15-13(11)12(10)8-16/h1-8H,9H2/q+1. The van der Waals surface area contributed by atoms with E-state index in [0.29, 0.717) is 0 Å². The van der Waals surface area contributed by atoms with Crippen LogP contribution in [-0.2, 0) is 4.55 Å². The molecule has 0 spiro atoms. The normalized spacial score (nSPS) is 11.1. The van der Waals surface area contributed by atoms with E-state index in [1.54, 1.807) is 0 Å². The fourth-order valence-electron chi connectivity index (χ4n) is 1.92. The quantitative estimate of drug-likeness (QED) is 0.291. The first-order valence-corrected chi connectivity index (χ1v) is 6.63. The first kappa shape index (κ1) is 9.96. The van der Waals surface area contributed by atoms with Gasteiger partial charge in [-0.05, 0) is 34.0 Å². The third-order valence-electron chi connectivity index (χ3n) is 2.73. The number of benzene rings is 1. The molecule has 0 radical (unpaired) electrons. The van der Waals surface area contributed by atoms with E-state index in [1.807, 2.05) is 12.3 Å². The van der Waals surface area contributed by atoms with Crippen molar-refractivity contribution in [2.24, 2.45) is 0 Å². The van der Waals surface area contributed by atoms with E-state index in [4.69, 9.17) is 0 Å². The van der Waals surface area contributed by atoms with Crippen LogP contribution in [0.25, 0.3) is 21.7 Å². The van der Waals surface area contributed by atoms with Gasteiger partial charge in [0, 0.05) is 17.6 Å². The van der Waals surface area contributed by atoms with E-state index in [0.717, 1.165) is 10.1 Å². The first-order chi connectivity index (χ1) is 7.88. The molecular formula is C13H10IN2+. The molecule has 0 atom stereocenters. The van der Waals surface area contributed by atoms with Crippen molar-refractivity contribution in [2.75, 3.05) is 0 Å². The van der Waals surface area contributed by atoms with Gasteiger partial charge in [-0.1, -0.05) is 18.2 Å². The summed E-state index contributed by atoms with van der Waals surface area (Å²) in [6.07, 6.45) is 6.11. The Bertz CT molecular complexity index is 664. The molecule has 2 nitrogen and oxygen atoms in total. The Labute approximate surface area is 107 Å². The fourth-order valence-corrected chi connectivity index (χ4v) is 2.35. The second-order valence-corrected chi connectivity index (χ2v) is 4.40. The van der Waals surface area contributed by atoms with Gasteiger partial charge in [0.05, 0.1) is 10.9 Å². The van der Waals surface area contributed by atoms with Crippen LogP contribution in [0, 0.1) is 0 Å². The number of aromatic nitrogens is 2. The smallest absolute Gasteiger partial charge is 0.197 e. The largest absolute Gasteiger partial charge is 0.255 e. The molecule has 0 fully saturated rings. The van der Waals surface area contributed by atoms with Crippen LogP contribution in [0.4, 0.5) is 0 Å². The van der Waals surface area contributed by atoms with Gasteiger partial charge < -0.3 is 0 Å². The highest BCUT2D eigenvalue weighted by molar-refractivity contribution is 14.1. The molecular weight excluding hydrogens is 311 g/mol. The molecule has 0 saturated carbocycles. The van der Waals surface area contributed by atoms with Crippen molar-refractivity contribution < 1.29 is 4.57 Å². The maximum absolute atomic E-state index is 4.47. The molecule has 3 aromatic rings. The summed E-state index contributed by atoms with van der Waals surface area (Å²) in [5, 5.41) is 3.66. The molecule has 0 amide bonds. The minimum atomic E-state index is 0.955. The average Bonchev–Trinajstić information content (AvgIpc) is 2.38. The van der Waals surface area contributed by atoms with Crippen LogP contribution in [0.3, 0.4) is 0 Å². The second-order valence-electron chi connectivity index (χ2n) is 3.72. The maximum Gasteiger partial charge on any atom is 0.197 e. The Kier molecular flexibility index (Phi) is 2.47. The number of nitrogens with zero attached hydrogens (tertiary/aromatic N) is 2. The Morgan fingerprint density at radius 1 is 1.12 bits per heavy atom. The number of halogens is 1. The highest BCUT2D eigenvalue weighted by atomic mass is 127. The molecule has 0 N–H and O–H groups in total. The van der Waals surface area contributed by atoms with E-state index in [1.165, 1.54) is 16.2 Å². The van der Waals surface area contributed by atoms with Gasteiger partial charge >= 0.3 is 0 Å². The zero-order chi connectivity index (χ0) is 11.0. The lowest BCUT2D eigenvalue weighted by atomic mass is 10.1. The van der Waals surface area contributed by atoms with Crippen LogP contribution >= 0.6 is 22.6 Å². The summed E-state index contributed by atoms with van der Waals surface area (Å²) in [5.41, 5.74) is 1.08. The third kappa shape index (κ3) is 1.55. The van der Waals surface area contributed by atoms with E-state index < -0.39 is 0 Å². The highest BCUT2D eigenvalue weighted by Crippen LogP contribution is 2.21. The molecule has 0 aliphatic heterocycles. The van der Waals surface area contributed by atoms with Crippen LogP contribution in [0.1, 0.15) is 0 Å². The zero-order valence-corrected chi connectivity index (χ0v) is 10.8. The highest BCUT2D eigenvalue weighted by Gasteiger charge is 2.05. The molecule has 2 aromatic heterocycles. The molecule has 0 bridgehead atoms. The van der Waals surface area contributed by atoms with Gasteiger partial charge in [0.25, 0.3) is 0 Å². The predicted octanol–water partition coefficient (Wildman–Crippen LogP) is 3.07. The summed E-state index contributed by atoms with van der Waals surface area (Å²) in [4.78, 5) is 4.47. The molecule has 3 heteroatoms. The molecule has 0 saturated heterocycles. The van der Waals surface area contributed by atoms with Gasteiger partial charge in [-0.3, -0.25) is 4.98 Å². The van der Waals surface area contributed by atoms with Crippen molar-refractivity contribution in [2.45, 2.75) is 4.55 Å². The number of alkyl halides is 1. The fraction of sp³-hybridized carbons (Fsp3) is 0.0769. The van der Waals surface area contributed by atoms with Crippen molar-refractivity contribution in [1.29, 1.82) is 0 Å². The van der Waals surface area contributed by atoms with Crippen LogP contribution in [0.2, 0.25) is 0 Å². The van der Waals surface area contributed by atoms with Crippen LogP contribution in [0.15, 0.2) is 48.9 Å². The maximum atomic E-state index is 4.47. The Balaban J connectivity index is 2.47. The van der Waals surface area contributed by atoms with E-state index in [2.05, 4.69) is 68.8 Å². The monoisotopic (exact) mass is 321 g/mol. The van der Waals surface area contributed by atoms with Crippen molar-refractivity contribution >= 4 is 44.3 Å². The van der Waals surface area contributed by atoms with Gasteiger partial charge in [0.1, 0.15) is 0 Å². The summed E-state index contributed by atoms with van der Waals surface area (Å²) in [5.74, 6) is 0. The van der Waals surface area contributed by atoms with Crippen molar-refractivity contribution in [3.8, 4) is 0 Å². The van der Waals surface area contributed by atoms with Crippen LogP contribution in [0.5, 0.6) is 0 Å². The molecule has 78 valence electrons. The number of rotatable bonds is 1. The molecule has 0 aliphatic rings. The first-order valence-electron chi connectivity index (χ1n) is 5.11. The van der Waals surface area contributed by atoms with Gasteiger partial charge in [0.2, 0.25) is 0 Å². The Morgan fingerprint density at radius 2 is 2.00 bits per heavy atom. The van der Waals surface area contributed by atoms with E-state index >= 15 is 0 Å². The SMILES string of the molecule is IC[n+]1ccc2ccc3cccnc3c2c1. The number of hydrogen-bond acceptors (Lipinski definition) is 1. The van der Waals surface area contributed by atoms with Gasteiger partial charge in [-0.2, -0.15) is 4.57 Å². The molecule has 3 rings (SSSR count). The molecule has 0 aliphatic carbocycles. The van der Waals surface area contributed by atoms with E-state index in [9.17, 15) is 0 Å². The van der Waals surface area contributed by atoms with Crippen molar-refractivity contribution in [3.63, 3.8) is 0 Å². The molecule has 16 heavy (non-hydrogen) atoms. The summed E-state index contributed by atoms with van der Waals surface area (Å²) in [7, 11) is 0. The summed E-state index contributed by atoms with van der Waals surface area (Å²) in [6.45, 7) is 0. The van der Waals surface area contributed by atoms with Gasteiger partial charge in [0.15, 0.2) is 16.9 Å². The van der Waals surface area contributed by atoms with Crippen molar-refractivity contribution in [1.82, 2.24) is 4.98 Å². The second kappa shape index (κ2) is 3.97. The summed E-state index contributed by atoms with van der Waals surface area (Å²) < 4.78 is 3.12. The molecule has 2 heterocycles. The average molecular weight is 321 g/mol. The lowest BCUT2D eigenvalue weighted by Crippen LogP contribution is -2.29. The lowest BCUT2D eigenvalue weighted by molar-refractivity contribution is -0.669. The number of fused-ring (bicyclic) bond motifs is 3. The minimum Gasteiger partial charge on any atom is -0.255 e. The number of hydrogen-bond donors (Lipinski definition) is 0. The number of pyridine rings is 2. The van der Waals surface area contributed by atoms with Crippen molar-refractivity contribution in [3.05, 3.63) is 48.9 Å². The zero-order valence-electron chi connectivity index (χ0n) is 8.60. The van der Waals surface area contributed by atoms with E-state index in [-0.39, 0.29) is 0 Å². The summed E-state index contributed by atoms with van der Waals surface area (Å²) in [6, 6.07) is 10.5. The van der Waals surface area contributed by atoms with Gasteiger partial charge in [-0.25, -0.2) is 0 Å². The minimum absolute atomic E-state index is 0.955. The van der Waals surface area contributed by atoms with Crippen LogP contribution in [-0.4, -0.2) is 4.98 Å². The lowest BCUT2D eigenvalue weighted by Gasteiger charge is -2.01.